The molecule has 18 heavy (non-hydrogen) atoms. The van der Waals surface area contributed by atoms with E-state index in [2.05, 4.69) is 19.3 Å². The van der Waals surface area contributed by atoms with Gasteiger partial charge < -0.3 is 0 Å². The number of benzene rings is 1. The molecule has 0 aliphatic rings. The van der Waals surface area contributed by atoms with Crippen molar-refractivity contribution < 1.29 is 0 Å². The first-order valence-electron chi connectivity index (χ1n) is 5.41. The van der Waals surface area contributed by atoms with Crippen LogP contribution in [0, 0.1) is 22.7 Å². The van der Waals surface area contributed by atoms with Crippen LogP contribution in [0.2, 0.25) is 0 Å². The van der Waals surface area contributed by atoms with Crippen LogP contribution >= 0.6 is 11.8 Å². The minimum absolute atomic E-state index is 0.0422. The molecule has 0 heterocycles. The van der Waals surface area contributed by atoms with Crippen molar-refractivity contribution in [1.82, 2.24) is 5.43 Å². The zero-order valence-corrected chi connectivity index (χ0v) is 10.9. The van der Waals surface area contributed by atoms with Crippen molar-refractivity contribution >= 4 is 17.5 Å². The quantitative estimate of drug-likeness (QED) is 0.513. The largest absolute Gasteiger partial charge is 0.289 e. The maximum atomic E-state index is 8.56. The van der Waals surface area contributed by atoms with Crippen LogP contribution in [0.4, 0.5) is 5.69 Å². The van der Waals surface area contributed by atoms with Crippen LogP contribution in [-0.4, -0.2) is 0 Å². The number of allylic oxidation sites excluding steroid dienone is 1. The monoisotopic (exact) mass is 260 g/mol. The number of nitrogens with zero attached hydrogens (tertiary/aromatic N) is 3. The van der Waals surface area contributed by atoms with E-state index in [0.717, 1.165) is 5.69 Å². The first-order chi connectivity index (χ1) is 8.58. The van der Waals surface area contributed by atoms with E-state index in [1.807, 2.05) is 24.3 Å². The van der Waals surface area contributed by atoms with E-state index in [-0.39, 0.29) is 5.57 Å². The van der Waals surface area contributed by atoms with E-state index in [1.54, 1.807) is 12.1 Å². The summed E-state index contributed by atoms with van der Waals surface area (Å²) >= 11 is 5.95. The van der Waals surface area contributed by atoms with Gasteiger partial charge in [0.05, 0.1) is 5.69 Å². The summed E-state index contributed by atoms with van der Waals surface area (Å²) in [6, 6.07) is 11.2. The fourth-order valence-electron chi connectivity index (χ4n) is 1.28. The van der Waals surface area contributed by atoms with Crippen molar-refractivity contribution in [2.45, 2.75) is 19.8 Å². The molecule has 4 nitrogen and oxygen atoms in total. The molecule has 1 aromatic rings. The molecule has 0 aromatic heterocycles. The summed E-state index contributed by atoms with van der Waals surface area (Å²) in [5.74, 6) is 0.458. The van der Waals surface area contributed by atoms with E-state index < -0.39 is 0 Å². The highest BCUT2D eigenvalue weighted by molar-refractivity contribution is 6.25. The second-order valence-electron chi connectivity index (χ2n) is 3.94. The highest BCUT2D eigenvalue weighted by Crippen LogP contribution is 2.20. The molecular weight excluding hydrogens is 248 g/mol. The van der Waals surface area contributed by atoms with Crippen LogP contribution < -0.4 is 9.95 Å². The lowest BCUT2D eigenvalue weighted by molar-refractivity contribution is 0.865. The molecule has 1 rings (SSSR count). The number of halogens is 1. The van der Waals surface area contributed by atoms with Gasteiger partial charge in [-0.25, -0.2) is 0 Å². The van der Waals surface area contributed by atoms with Gasteiger partial charge in [0.15, 0.2) is 0 Å². The third-order valence-electron chi connectivity index (χ3n) is 2.35. The SMILES string of the molecule is CC(C)c1ccc(N(Cl)NC=C(C#N)C#N)cc1. The molecule has 0 radical (unpaired) electrons. The zero-order chi connectivity index (χ0) is 13.5. The van der Waals surface area contributed by atoms with Crippen molar-refractivity contribution in [3.8, 4) is 12.1 Å². The van der Waals surface area contributed by atoms with Crippen molar-refractivity contribution in [3.05, 3.63) is 41.6 Å². The fraction of sp³-hybridized carbons (Fsp3) is 0.231. The molecule has 92 valence electrons. The Morgan fingerprint density at radius 3 is 2.28 bits per heavy atom. The molecule has 0 atom stereocenters. The number of hydrogen-bond acceptors (Lipinski definition) is 4. The first kappa shape index (κ1) is 13.9. The summed E-state index contributed by atoms with van der Waals surface area (Å²) in [6.07, 6.45) is 1.25. The third kappa shape index (κ3) is 3.69. The summed E-state index contributed by atoms with van der Waals surface area (Å²) in [4.78, 5) is 0. The van der Waals surface area contributed by atoms with Gasteiger partial charge in [0.1, 0.15) is 17.7 Å². The lowest BCUT2D eigenvalue weighted by Gasteiger charge is -2.16. The Balaban J connectivity index is 2.74. The number of hydrazine groups is 1. The minimum Gasteiger partial charge on any atom is -0.289 e. The van der Waals surface area contributed by atoms with Gasteiger partial charge in [-0.05, 0) is 23.6 Å². The van der Waals surface area contributed by atoms with Gasteiger partial charge >= 0.3 is 0 Å². The van der Waals surface area contributed by atoms with Gasteiger partial charge in [-0.1, -0.05) is 26.0 Å². The molecular formula is C13H13ClN4. The second kappa shape index (κ2) is 6.54. The predicted octanol–water partition coefficient (Wildman–Crippen LogP) is 3.21. The number of anilines is 1. The van der Waals surface area contributed by atoms with Crippen molar-refractivity contribution in [1.29, 1.82) is 10.5 Å². The highest BCUT2D eigenvalue weighted by atomic mass is 35.5. The molecule has 0 amide bonds. The molecule has 0 saturated carbocycles. The van der Waals surface area contributed by atoms with Gasteiger partial charge in [0, 0.05) is 18.0 Å². The summed E-state index contributed by atoms with van der Waals surface area (Å²) in [7, 11) is 0. The number of hydrogen-bond donors (Lipinski definition) is 1. The lowest BCUT2D eigenvalue weighted by atomic mass is 10.0. The van der Waals surface area contributed by atoms with E-state index in [0.29, 0.717) is 5.92 Å². The molecule has 0 spiro atoms. The topological polar surface area (TPSA) is 62.9 Å². The average Bonchev–Trinajstić information content (AvgIpc) is 2.39. The maximum absolute atomic E-state index is 8.56. The molecule has 1 aromatic carbocycles. The Kier molecular flexibility index (Phi) is 5.05. The molecule has 0 bridgehead atoms. The van der Waals surface area contributed by atoms with Gasteiger partial charge in [-0.3, -0.25) is 5.43 Å². The standard InChI is InChI=1S/C13H13ClN4/c1-10(2)12-3-5-13(6-4-12)18(14)17-9-11(7-15)8-16/h3-6,9-10,17H,1-2H3. The van der Waals surface area contributed by atoms with E-state index >= 15 is 0 Å². The summed E-state index contributed by atoms with van der Waals surface area (Å²) in [6.45, 7) is 4.22. The predicted molar refractivity (Wildman–Crippen MR) is 71.3 cm³/mol. The molecule has 1 N–H and O–H groups in total. The van der Waals surface area contributed by atoms with E-state index in [4.69, 9.17) is 22.3 Å². The van der Waals surface area contributed by atoms with Crippen LogP contribution in [0.5, 0.6) is 0 Å². The molecule has 0 saturated heterocycles. The lowest BCUT2D eigenvalue weighted by Crippen LogP contribution is -2.24. The summed E-state index contributed by atoms with van der Waals surface area (Å²) in [5, 5.41) is 17.1. The van der Waals surface area contributed by atoms with Crippen LogP contribution in [0.3, 0.4) is 0 Å². The number of nitriles is 2. The average molecular weight is 261 g/mol. The Morgan fingerprint density at radius 2 is 1.83 bits per heavy atom. The molecule has 5 heteroatoms. The Labute approximate surface area is 112 Å². The van der Waals surface area contributed by atoms with E-state index in [1.165, 1.54) is 16.3 Å². The third-order valence-corrected chi connectivity index (χ3v) is 2.64. The van der Waals surface area contributed by atoms with Gasteiger partial charge in [0.25, 0.3) is 0 Å². The molecule has 0 aliphatic heterocycles. The van der Waals surface area contributed by atoms with Crippen molar-refractivity contribution in [2.24, 2.45) is 0 Å². The Bertz CT molecular complexity index is 489. The second-order valence-corrected chi connectivity index (χ2v) is 4.28. The molecule has 0 unspecified atom stereocenters. The summed E-state index contributed by atoms with van der Waals surface area (Å²) in [5.41, 5.74) is 4.55. The van der Waals surface area contributed by atoms with Crippen molar-refractivity contribution in [2.75, 3.05) is 4.53 Å². The van der Waals surface area contributed by atoms with Crippen LogP contribution in [0.25, 0.3) is 0 Å². The van der Waals surface area contributed by atoms with Gasteiger partial charge in [-0.2, -0.15) is 15.1 Å². The highest BCUT2D eigenvalue weighted by Gasteiger charge is 2.03. The van der Waals surface area contributed by atoms with Crippen LogP contribution in [0.15, 0.2) is 36.0 Å². The Hall–Kier alpha value is -2.17. The van der Waals surface area contributed by atoms with Crippen molar-refractivity contribution in [3.63, 3.8) is 0 Å². The maximum Gasteiger partial charge on any atom is 0.147 e. The molecule has 0 fully saturated rings. The van der Waals surface area contributed by atoms with Crippen LogP contribution in [-0.2, 0) is 0 Å². The fourth-order valence-corrected chi connectivity index (χ4v) is 1.44. The summed E-state index contributed by atoms with van der Waals surface area (Å²) < 4.78 is 1.22. The smallest absolute Gasteiger partial charge is 0.147 e. The first-order valence-corrected chi connectivity index (χ1v) is 5.74. The zero-order valence-electron chi connectivity index (χ0n) is 10.2. The molecule has 0 aliphatic carbocycles. The van der Waals surface area contributed by atoms with Crippen LogP contribution in [0.1, 0.15) is 25.3 Å². The Morgan fingerprint density at radius 1 is 1.28 bits per heavy atom. The number of nitrogens with one attached hydrogen (secondary N) is 1. The van der Waals surface area contributed by atoms with E-state index in [9.17, 15) is 0 Å². The number of rotatable bonds is 4. The normalized spacial score (nSPS) is 9.22. The van der Waals surface area contributed by atoms with Gasteiger partial charge in [0.2, 0.25) is 0 Å². The minimum atomic E-state index is -0.0422. The van der Waals surface area contributed by atoms with Gasteiger partial charge in [-0.15, -0.1) is 0 Å².